The van der Waals surface area contributed by atoms with Gasteiger partial charge < -0.3 is 4.74 Å². The maximum absolute atomic E-state index is 10.4. The van der Waals surface area contributed by atoms with Crippen LogP contribution in [-0.4, -0.2) is 5.97 Å². The van der Waals surface area contributed by atoms with Crippen LogP contribution in [0.4, 0.5) is 0 Å². The summed E-state index contributed by atoms with van der Waals surface area (Å²) >= 11 is 0. The summed E-state index contributed by atoms with van der Waals surface area (Å²) in [6.45, 7) is 3.65. The Morgan fingerprint density at radius 1 is 0.944 bits per heavy atom. The third kappa shape index (κ3) is 14.9. The van der Waals surface area contributed by atoms with Gasteiger partial charge in [0, 0.05) is 6.92 Å². The molecule has 0 amide bonds. The predicted octanol–water partition coefficient (Wildman–Crippen LogP) is 5.15. The molecule has 0 spiro atoms. The zero-order valence-corrected chi connectivity index (χ0v) is 12.0. The summed E-state index contributed by atoms with van der Waals surface area (Å²) in [5, 5.41) is 0. The lowest BCUT2D eigenvalue weighted by Crippen LogP contribution is -1.88. The largest absolute Gasteiger partial charge is 0.435 e. The fourth-order valence-electron chi connectivity index (χ4n) is 1.75. The first kappa shape index (κ1) is 16.9. The van der Waals surface area contributed by atoms with Gasteiger partial charge in [-0.2, -0.15) is 0 Å². The molecule has 0 saturated carbocycles. The molecule has 0 radical (unpaired) electrons. The van der Waals surface area contributed by atoms with Crippen LogP contribution in [0.3, 0.4) is 0 Å². The van der Waals surface area contributed by atoms with E-state index in [2.05, 4.69) is 17.7 Å². The molecule has 0 aromatic heterocycles. The van der Waals surface area contributed by atoms with E-state index < -0.39 is 0 Å². The average molecular weight is 252 g/mol. The van der Waals surface area contributed by atoms with Crippen molar-refractivity contribution < 1.29 is 9.53 Å². The van der Waals surface area contributed by atoms with Crippen molar-refractivity contribution in [1.29, 1.82) is 0 Å². The molecule has 0 rings (SSSR count). The van der Waals surface area contributed by atoms with E-state index in [0.29, 0.717) is 0 Å². The minimum atomic E-state index is -0.275. The van der Waals surface area contributed by atoms with Crippen LogP contribution in [0.25, 0.3) is 0 Å². The topological polar surface area (TPSA) is 26.3 Å². The number of ether oxygens (including phenoxy) is 1. The number of esters is 1. The van der Waals surface area contributed by atoms with E-state index in [4.69, 9.17) is 0 Å². The van der Waals surface area contributed by atoms with Crippen LogP contribution in [0.5, 0.6) is 0 Å². The number of unbranched alkanes of at least 4 members (excludes halogenated alkanes) is 8. The van der Waals surface area contributed by atoms with E-state index in [1.54, 1.807) is 6.08 Å². The smallest absolute Gasteiger partial charge is 0.307 e. The highest BCUT2D eigenvalue weighted by molar-refractivity contribution is 5.66. The van der Waals surface area contributed by atoms with Gasteiger partial charge in [0.15, 0.2) is 0 Å². The van der Waals surface area contributed by atoms with Gasteiger partial charge in [-0.3, -0.25) is 4.79 Å². The Morgan fingerprint density at radius 3 is 2.17 bits per heavy atom. The van der Waals surface area contributed by atoms with E-state index in [1.807, 2.05) is 6.08 Å². The molecule has 0 aromatic carbocycles. The van der Waals surface area contributed by atoms with Gasteiger partial charge in [-0.05, 0) is 18.9 Å². The maximum Gasteiger partial charge on any atom is 0.307 e. The summed E-state index contributed by atoms with van der Waals surface area (Å²) < 4.78 is 4.66. The van der Waals surface area contributed by atoms with Crippen molar-refractivity contribution in [3.8, 4) is 0 Å². The van der Waals surface area contributed by atoms with Crippen molar-refractivity contribution >= 4 is 5.97 Å². The zero-order chi connectivity index (χ0) is 13.5. The monoisotopic (exact) mass is 252 g/mol. The molecular weight excluding hydrogens is 224 g/mol. The molecule has 18 heavy (non-hydrogen) atoms. The van der Waals surface area contributed by atoms with E-state index in [1.165, 1.54) is 64.6 Å². The van der Waals surface area contributed by atoms with Crippen LogP contribution < -0.4 is 0 Å². The van der Waals surface area contributed by atoms with Crippen LogP contribution in [-0.2, 0) is 9.53 Å². The van der Waals surface area contributed by atoms with E-state index in [9.17, 15) is 4.79 Å². The van der Waals surface area contributed by atoms with Crippen molar-refractivity contribution in [2.24, 2.45) is 0 Å². The molecular formula is C16H28O2. The Hall–Kier alpha value is -1.05. The molecule has 2 heteroatoms. The number of rotatable bonds is 11. The molecule has 0 saturated heterocycles. The van der Waals surface area contributed by atoms with Gasteiger partial charge in [0.1, 0.15) is 0 Å². The number of carbonyl (C=O) groups is 1. The highest BCUT2D eigenvalue weighted by Crippen LogP contribution is 2.09. The second-order valence-electron chi connectivity index (χ2n) is 4.63. The molecule has 0 bridgehead atoms. The van der Waals surface area contributed by atoms with Crippen molar-refractivity contribution in [3.05, 3.63) is 24.5 Å². The van der Waals surface area contributed by atoms with Crippen molar-refractivity contribution in [1.82, 2.24) is 0 Å². The fraction of sp³-hybridized carbons (Fsp3) is 0.688. The van der Waals surface area contributed by atoms with Gasteiger partial charge in [0.05, 0.1) is 6.26 Å². The Kier molecular flexibility index (Phi) is 13.2. The summed E-state index contributed by atoms with van der Waals surface area (Å²) in [6.07, 6.45) is 19.2. The van der Waals surface area contributed by atoms with Crippen molar-refractivity contribution in [2.45, 2.75) is 71.6 Å². The lowest BCUT2D eigenvalue weighted by molar-refractivity contribution is -0.135. The SMILES string of the molecule is CCCCCCCCCC/C=C/C=COC(C)=O. The van der Waals surface area contributed by atoms with Gasteiger partial charge in [-0.15, -0.1) is 0 Å². The van der Waals surface area contributed by atoms with Crippen LogP contribution in [0.2, 0.25) is 0 Å². The minimum absolute atomic E-state index is 0.275. The molecule has 0 aliphatic heterocycles. The average Bonchev–Trinajstić information content (AvgIpc) is 2.34. The molecule has 0 heterocycles. The van der Waals surface area contributed by atoms with E-state index >= 15 is 0 Å². The highest BCUT2D eigenvalue weighted by atomic mass is 16.5. The zero-order valence-electron chi connectivity index (χ0n) is 12.0. The number of hydrogen-bond donors (Lipinski definition) is 0. The Balaban J connectivity index is 3.17. The summed E-state index contributed by atoms with van der Waals surface area (Å²) in [5.74, 6) is -0.275. The molecule has 2 nitrogen and oxygen atoms in total. The maximum atomic E-state index is 10.4. The van der Waals surface area contributed by atoms with E-state index in [-0.39, 0.29) is 5.97 Å². The molecule has 0 atom stereocenters. The Morgan fingerprint density at radius 2 is 1.56 bits per heavy atom. The number of hydrogen-bond acceptors (Lipinski definition) is 2. The molecule has 0 aliphatic carbocycles. The van der Waals surface area contributed by atoms with Crippen LogP contribution in [0.15, 0.2) is 24.5 Å². The summed E-state index contributed by atoms with van der Waals surface area (Å²) in [4.78, 5) is 10.4. The Bertz CT molecular complexity index is 241. The second kappa shape index (κ2) is 14.0. The summed E-state index contributed by atoms with van der Waals surface area (Å²) in [7, 11) is 0. The van der Waals surface area contributed by atoms with Crippen LogP contribution in [0, 0.1) is 0 Å². The first-order valence-corrected chi connectivity index (χ1v) is 7.26. The lowest BCUT2D eigenvalue weighted by Gasteiger charge is -1.99. The van der Waals surface area contributed by atoms with Gasteiger partial charge in [-0.25, -0.2) is 0 Å². The van der Waals surface area contributed by atoms with Gasteiger partial charge >= 0.3 is 5.97 Å². The van der Waals surface area contributed by atoms with Gasteiger partial charge in [-0.1, -0.05) is 64.0 Å². The van der Waals surface area contributed by atoms with Crippen LogP contribution >= 0.6 is 0 Å². The molecule has 0 N–H and O–H groups in total. The van der Waals surface area contributed by atoms with E-state index in [0.717, 1.165) is 6.42 Å². The molecule has 0 unspecified atom stereocenters. The van der Waals surface area contributed by atoms with Gasteiger partial charge in [0.2, 0.25) is 0 Å². The first-order chi connectivity index (χ1) is 8.77. The summed E-state index contributed by atoms with van der Waals surface area (Å²) in [6, 6.07) is 0. The highest BCUT2D eigenvalue weighted by Gasteiger charge is 1.90. The first-order valence-electron chi connectivity index (χ1n) is 7.26. The third-order valence-corrected chi connectivity index (χ3v) is 2.78. The third-order valence-electron chi connectivity index (χ3n) is 2.78. The molecule has 0 aromatic rings. The fourth-order valence-corrected chi connectivity index (χ4v) is 1.75. The molecule has 0 fully saturated rings. The molecule has 104 valence electrons. The van der Waals surface area contributed by atoms with Crippen molar-refractivity contribution in [3.63, 3.8) is 0 Å². The van der Waals surface area contributed by atoms with Crippen LogP contribution in [0.1, 0.15) is 71.6 Å². The lowest BCUT2D eigenvalue weighted by atomic mass is 10.1. The molecule has 0 aliphatic rings. The second-order valence-corrected chi connectivity index (χ2v) is 4.63. The summed E-state index contributed by atoms with van der Waals surface area (Å²) in [5.41, 5.74) is 0. The van der Waals surface area contributed by atoms with Gasteiger partial charge in [0.25, 0.3) is 0 Å². The standard InChI is InChI=1S/C16H28O2/c1-3-4-5-6-7-8-9-10-11-12-13-14-15-18-16(2)17/h12-15H,3-11H2,1-2H3/b13-12+,15-14?. The van der Waals surface area contributed by atoms with Crippen molar-refractivity contribution in [2.75, 3.05) is 0 Å². The minimum Gasteiger partial charge on any atom is -0.435 e. The predicted molar refractivity (Wildman–Crippen MR) is 77.3 cm³/mol. The number of allylic oxidation sites excluding steroid dienone is 3. The number of carbonyl (C=O) groups excluding carboxylic acids is 1. The quantitative estimate of drug-likeness (QED) is 0.220. The Labute approximate surface area is 112 Å². The normalized spacial score (nSPS) is 11.4.